The number of nitrogen functional groups attached to an aromatic ring is 1. The molecule has 0 fully saturated rings. The summed E-state index contributed by atoms with van der Waals surface area (Å²) < 4.78 is 14.3. The molecule has 0 spiro atoms. The van der Waals surface area contributed by atoms with Gasteiger partial charge in [-0.15, -0.1) is 11.8 Å². The lowest BCUT2D eigenvalue weighted by molar-refractivity contribution is 0.616. The Labute approximate surface area is 112 Å². The van der Waals surface area contributed by atoms with Gasteiger partial charge >= 0.3 is 0 Å². The highest BCUT2D eigenvalue weighted by molar-refractivity contribution is 9.10. The van der Waals surface area contributed by atoms with E-state index in [0.717, 1.165) is 9.50 Å². The van der Waals surface area contributed by atoms with Crippen LogP contribution in [0.4, 0.5) is 10.1 Å². The van der Waals surface area contributed by atoms with E-state index in [2.05, 4.69) is 20.9 Å². The minimum Gasteiger partial charge on any atom is -0.397 e. The van der Waals surface area contributed by atoms with Gasteiger partial charge in [0.25, 0.3) is 0 Å². The van der Waals surface area contributed by atoms with Crippen molar-refractivity contribution in [2.45, 2.75) is 10.8 Å². The molecule has 17 heavy (non-hydrogen) atoms. The van der Waals surface area contributed by atoms with Crippen molar-refractivity contribution >= 4 is 33.4 Å². The fourth-order valence-corrected chi connectivity index (χ4v) is 2.43. The van der Waals surface area contributed by atoms with Crippen LogP contribution >= 0.6 is 27.7 Å². The number of hydrogen-bond acceptors (Lipinski definition) is 3. The summed E-state index contributed by atoms with van der Waals surface area (Å²) >= 11 is 4.71. The fourth-order valence-electron chi connectivity index (χ4n) is 1.27. The molecule has 0 aliphatic heterocycles. The van der Waals surface area contributed by atoms with Gasteiger partial charge in [0.1, 0.15) is 5.82 Å². The number of nitrogens with zero attached hydrogens (tertiary/aromatic N) is 1. The lowest BCUT2D eigenvalue weighted by Gasteiger charge is -2.03. The Morgan fingerprint density at radius 2 is 2.12 bits per heavy atom. The van der Waals surface area contributed by atoms with E-state index >= 15 is 0 Å². The van der Waals surface area contributed by atoms with Crippen LogP contribution in [-0.4, -0.2) is 4.98 Å². The molecule has 0 aliphatic rings. The molecule has 0 atom stereocenters. The summed E-state index contributed by atoms with van der Waals surface area (Å²) in [5.74, 6) is 0.345. The molecule has 0 radical (unpaired) electrons. The summed E-state index contributed by atoms with van der Waals surface area (Å²) in [5, 5.41) is 0.835. The quantitative estimate of drug-likeness (QED) is 0.875. The van der Waals surface area contributed by atoms with Crippen molar-refractivity contribution in [3.8, 4) is 0 Å². The molecule has 2 nitrogen and oxygen atoms in total. The molecule has 5 heteroatoms. The highest BCUT2D eigenvalue weighted by Crippen LogP contribution is 2.24. The number of benzene rings is 1. The largest absolute Gasteiger partial charge is 0.397 e. The second-order valence-corrected chi connectivity index (χ2v) is 5.37. The van der Waals surface area contributed by atoms with E-state index in [-0.39, 0.29) is 5.82 Å². The van der Waals surface area contributed by atoms with Gasteiger partial charge in [0.2, 0.25) is 0 Å². The van der Waals surface area contributed by atoms with E-state index in [4.69, 9.17) is 5.73 Å². The van der Waals surface area contributed by atoms with Crippen LogP contribution in [0.3, 0.4) is 0 Å². The summed E-state index contributed by atoms with van der Waals surface area (Å²) in [7, 11) is 0. The second kappa shape index (κ2) is 5.51. The van der Waals surface area contributed by atoms with E-state index in [9.17, 15) is 4.39 Å². The summed E-state index contributed by atoms with van der Waals surface area (Å²) in [6.45, 7) is 0. The Hall–Kier alpha value is -1.07. The molecule has 1 aromatic heterocycles. The number of pyridine rings is 1. The van der Waals surface area contributed by atoms with E-state index < -0.39 is 0 Å². The van der Waals surface area contributed by atoms with E-state index in [0.29, 0.717) is 17.0 Å². The SMILES string of the molecule is Nc1ccc(SCc2ccc(Br)cc2F)nc1. The number of hydrogen-bond donors (Lipinski definition) is 1. The minimum absolute atomic E-state index is 0.206. The predicted octanol–water partition coefficient (Wildman–Crippen LogP) is 3.86. The van der Waals surface area contributed by atoms with Gasteiger partial charge in [-0.1, -0.05) is 22.0 Å². The third kappa shape index (κ3) is 3.44. The van der Waals surface area contributed by atoms with Gasteiger partial charge in [0, 0.05) is 10.2 Å². The zero-order valence-corrected chi connectivity index (χ0v) is 11.3. The maximum atomic E-state index is 13.5. The van der Waals surface area contributed by atoms with Crippen molar-refractivity contribution in [2.24, 2.45) is 0 Å². The molecule has 0 saturated heterocycles. The topological polar surface area (TPSA) is 38.9 Å². The van der Waals surface area contributed by atoms with Crippen LogP contribution in [0.5, 0.6) is 0 Å². The van der Waals surface area contributed by atoms with Gasteiger partial charge in [-0.3, -0.25) is 0 Å². The Bertz CT molecular complexity index is 516. The second-order valence-electron chi connectivity index (χ2n) is 3.45. The van der Waals surface area contributed by atoms with Gasteiger partial charge in [-0.05, 0) is 29.8 Å². The first kappa shape index (κ1) is 12.4. The van der Waals surface area contributed by atoms with Crippen LogP contribution in [-0.2, 0) is 5.75 Å². The zero-order chi connectivity index (χ0) is 12.3. The number of nitrogens with two attached hydrogens (primary N) is 1. The van der Waals surface area contributed by atoms with Crippen LogP contribution in [0.15, 0.2) is 46.0 Å². The van der Waals surface area contributed by atoms with E-state index in [1.165, 1.54) is 17.8 Å². The van der Waals surface area contributed by atoms with Crippen molar-refractivity contribution in [3.63, 3.8) is 0 Å². The lowest BCUT2D eigenvalue weighted by Crippen LogP contribution is -1.90. The van der Waals surface area contributed by atoms with Crippen LogP contribution < -0.4 is 5.73 Å². The zero-order valence-electron chi connectivity index (χ0n) is 8.86. The molecule has 0 saturated carbocycles. The van der Waals surface area contributed by atoms with Crippen LogP contribution in [0.25, 0.3) is 0 Å². The Morgan fingerprint density at radius 3 is 2.76 bits per heavy atom. The molecule has 1 aromatic carbocycles. The van der Waals surface area contributed by atoms with Gasteiger partial charge in [-0.2, -0.15) is 0 Å². The average molecular weight is 313 g/mol. The molecule has 2 N–H and O–H groups in total. The maximum Gasteiger partial charge on any atom is 0.128 e. The standard InChI is InChI=1S/C12H10BrFN2S/c13-9-2-1-8(11(14)5-9)7-17-12-4-3-10(15)6-16-12/h1-6H,7,15H2. The van der Waals surface area contributed by atoms with Gasteiger partial charge in [0.15, 0.2) is 0 Å². The monoisotopic (exact) mass is 312 g/mol. The van der Waals surface area contributed by atoms with Crippen molar-refractivity contribution in [1.29, 1.82) is 0 Å². The third-order valence-electron chi connectivity index (χ3n) is 2.15. The highest BCUT2D eigenvalue weighted by atomic mass is 79.9. The molecular weight excluding hydrogens is 303 g/mol. The van der Waals surface area contributed by atoms with Crippen molar-refractivity contribution in [3.05, 3.63) is 52.4 Å². The first-order valence-electron chi connectivity index (χ1n) is 4.93. The molecule has 0 amide bonds. The molecule has 0 unspecified atom stereocenters. The van der Waals surface area contributed by atoms with Crippen molar-refractivity contribution in [1.82, 2.24) is 4.98 Å². The Morgan fingerprint density at radius 1 is 1.29 bits per heavy atom. The van der Waals surface area contributed by atoms with Crippen LogP contribution in [0, 0.1) is 5.82 Å². The summed E-state index contributed by atoms with van der Waals surface area (Å²) in [4.78, 5) is 4.15. The van der Waals surface area contributed by atoms with Gasteiger partial charge in [0.05, 0.1) is 16.9 Å². The molecule has 2 aromatic rings. The van der Waals surface area contributed by atoms with Crippen molar-refractivity contribution < 1.29 is 4.39 Å². The number of anilines is 1. The van der Waals surface area contributed by atoms with Gasteiger partial charge < -0.3 is 5.73 Å². The van der Waals surface area contributed by atoms with Crippen LogP contribution in [0.2, 0.25) is 0 Å². The fraction of sp³-hybridized carbons (Fsp3) is 0.0833. The number of halogens is 2. The summed E-state index contributed by atoms with van der Waals surface area (Å²) in [6.07, 6.45) is 1.60. The van der Waals surface area contributed by atoms with Crippen molar-refractivity contribution in [2.75, 3.05) is 5.73 Å². The number of thioether (sulfide) groups is 1. The molecule has 88 valence electrons. The third-order valence-corrected chi connectivity index (χ3v) is 3.64. The normalized spacial score (nSPS) is 10.5. The molecule has 1 heterocycles. The maximum absolute atomic E-state index is 13.5. The smallest absolute Gasteiger partial charge is 0.128 e. The van der Waals surface area contributed by atoms with Crippen LogP contribution in [0.1, 0.15) is 5.56 Å². The Balaban J connectivity index is 2.04. The molecule has 0 aliphatic carbocycles. The average Bonchev–Trinajstić information content (AvgIpc) is 2.30. The van der Waals surface area contributed by atoms with Gasteiger partial charge in [-0.25, -0.2) is 9.37 Å². The minimum atomic E-state index is -0.206. The lowest BCUT2D eigenvalue weighted by atomic mass is 10.2. The molecule has 0 bridgehead atoms. The van der Waals surface area contributed by atoms with E-state index in [1.807, 2.05) is 12.1 Å². The Kier molecular flexibility index (Phi) is 4.02. The number of rotatable bonds is 3. The molecule has 2 rings (SSSR count). The summed E-state index contributed by atoms with van der Waals surface area (Å²) in [5.41, 5.74) is 6.83. The number of aromatic nitrogens is 1. The summed E-state index contributed by atoms with van der Waals surface area (Å²) in [6, 6.07) is 8.68. The molecular formula is C12H10BrFN2S. The van der Waals surface area contributed by atoms with E-state index in [1.54, 1.807) is 18.3 Å². The predicted molar refractivity (Wildman–Crippen MR) is 72.3 cm³/mol. The first-order valence-corrected chi connectivity index (χ1v) is 6.71. The first-order chi connectivity index (χ1) is 8.15. The highest BCUT2D eigenvalue weighted by Gasteiger charge is 2.04.